The first-order valence-electron chi connectivity index (χ1n) is 11.3. The van der Waals surface area contributed by atoms with Gasteiger partial charge in [-0.2, -0.15) is 0 Å². The van der Waals surface area contributed by atoms with Gasteiger partial charge in [-0.15, -0.1) is 0 Å². The van der Waals surface area contributed by atoms with Gasteiger partial charge in [0.25, 0.3) is 0 Å². The molecule has 2 N–H and O–H groups in total. The van der Waals surface area contributed by atoms with Gasteiger partial charge in [-0.1, -0.05) is 65.7 Å². The number of nitrogens with zero attached hydrogens (tertiary/aromatic N) is 2. The second-order valence-electron chi connectivity index (χ2n) is 8.55. The highest BCUT2D eigenvalue weighted by Crippen LogP contribution is 2.24. The minimum Gasteiger partial charge on any atom is -0.334 e. The zero-order chi connectivity index (χ0) is 23.2. The fourth-order valence-corrected chi connectivity index (χ4v) is 4.25. The molecule has 0 aromatic heterocycles. The van der Waals surface area contributed by atoms with Crippen molar-refractivity contribution in [3.05, 3.63) is 95.1 Å². The lowest BCUT2D eigenvalue weighted by Gasteiger charge is -2.36. The molecule has 0 radical (unpaired) electrons. The highest BCUT2D eigenvalue weighted by atomic mass is 16.2. The Bertz CT molecular complexity index is 1110. The van der Waals surface area contributed by atoms with Gasteiger partial charge < -0.3 is 15.5 Å². The van der Waals surface area contributed by atoms with E-state index >= 15 is 0 Å². The van der Waals surface area contributed by atoms with Gasteiger partial charge in [-0.05, 0) is 49.6 Å². The fraction of sp³-hybridized carbons (Fsp3) is 0.259. The molecule has 1 aliphatic rings. The van der Waals surface area contributed by atoms with Crippen LogP contribution >= 0.6 is 0 Å². The summed E-state index contributed by atoms with van der Waals surface area (Å²) >= 11 is 0. The number of urea groups is 2. The predicted octanol–water partition coefficient (Wildman–Crippen LogP) is 5.46. The topological polar surface area (TPSA) is 64.7 Å². The summed E-state index contributed by atoms with van der Waals surface area (Å²) in [6.07, 6.45) is 0.895. The Morgan fingerprint density at radius 3 is 2.39 bits per heavy atom. The molecule has 3 aromatic rings. The number of benzene rings is 3. The van der Waals surface area contributed by atoms with Crippen LogP contribution in [0.2, 0.25) is 0 Å². The standard InChI is InChI=1S/C27H30N4O2/c1-20-14-21(2)16-23(15-20)19-30-12-7-13-31(27(30)33)25-11-6-10-24(17-25)29-26(32)28-18-22-8-4-3-5-9-22/h3-6,8-11,14-17H,7,12-13,18-19H2,1-2H3,(H2,28,29,32). The van der Waals surface area contributed by atoms with E-state index in [-0.39, 0.29) is 12.1 Å². The maximum absolute atomic E-state index is 13.2. The van der Waals surface area contributed by atoms with Crippen molar-refractivity contribution >= 4 is 23.4 Å². The summed E-state index contributed by atoms with van der Waals surface area (Å²) in [4.78, 5) is 29.3. The molecular weight excluding hydrogens is 412 g/mol. The van der Waals surface area contributed by atoms with Crippen molar-refractivity contribution in [3.63, 3.8) is 0 Å². The minimum absolute atomic E-state index is 0.00825. The summed E-state index contributed by atoms with van der Waals surface area (Å²) in [7, 11) is 0. The van der Waals surface area contributed by atoms with E-state index in [1.807, 2.05) is 59.5 Å². The Morgan fingerprint density at radius 1 is 0.879 bits per heavy atom. The van der Waals surface area contributed by atoms with Crippen LogP contribution in [-0.4, -0.2) is 30.1 Å². The van der Waals surface area contributed by atoms with E-state index in [9.17, 15) is 9.59 Å². The number of rotatable bonds is 6. The quantitative estimate of drug-likeness (QED) is 0.533. The van der Waals surface area contributed by atoms with Gasteiger partial charge >= 0.3 is 12.1 Å². The van der Waals surface area contributed by atoms with Gasteiger partial charge in [-0.3, -0.25) is 4.90 Å². The van der Waals surface area contributed by atoms with Crippen LogP contribution in [0.1, 0.15) is 28.7 Å². The van der Waals surface area contributed by atoms with Gasteiger partial charge in [0.2, 0.25) is 0 Å². The van der Waals surface area contributed by atoms with Gasteiger partial charge in [-0.25, -0.2) is 9.59 Å². The van der Waals surface area contributed by atoms with E-state index in [0.717, 1.165) is 29.8 Å². The molecule has 1 heterocycles. The first-order chi connectivity index (χ1) is 16.0. The average molecular weight is 443 g/mol. The molecule has 1 saturated heterocycles. The summed E-state index contributed by atoms with van der Waals surface area (Å²) in [6.45, 7) is 6.60. The zero-order valence-electron chi connectivity index (χ0n) is 19.2. The van der Waals surface area contributed by atoms with Crippen LogP contribution in [0.25, 0.3) is 0 Å². The number of hydrogen-bond donors (Lipinski definition) is 2. The van der Waals surface area contributed by atoms with Crippen LogP contribution in [0.3, 0.4) is 0 Å². The van der Waals surface area contributed by atoms with Crippen LogP contribution in [-0.2, 0) is 13.1 Å². The summed E-state index contributed by atoms with van der Waals surface area (Å²) in [5.41, 5.74) is 6.02. The first kappa shape index (κ1) is 22.4. The van der Waals surface area contributed by atoms with Crippen molar-refractivity contribution < 1.29 is 9.59 Å². The van der Waals surface area contributed by atoms with Crippen molar-refractivity contribution in [2.24, 2.45) is 0 Å². The molecule has 0 spiro atoms. The lowest BCUT2D eigenvalue weighted by molar-refractivity contribution is 0.192. The highest BCUT2D eigenvalue weighted by Gasteiger charge is 2.27. The molecule has 0 atom stereocenters. The molecule has 6 heteroatoms. The van der Waals surface area contributed by atoms with E-state index in [4.69, 9.17) is 0 Å². The molecule has 1 aliphatic heterocycles. The third-order valence-corrected chi connectivity index (χ3v) is 5.68. The largest absolute Gasteiger partial charge is 0.334 e. The second-order valence-corrected chi connectivity index (χ2v) is 8.55. The molecular formula is C27H30N4O2. The van der Waals surface area contributed by atoms with Crippen molar-refractivity contribution in [2.45, 2.75) is 33.4 Å². The van der Waals surface area contributed by atoms with Gasteiger partial charge in [0.15, 0.2) is 0 Å². The number of carbonyl (C=O) groups excluding carboxylic acids is 2. The van der Waals surface area contributed by atoms with Crippen LogP contribution in [0.5, 0.6) is 0 Å². The lowest BCUT2D eigenvalue weighted by Crippen LogP contribution is -2.49. The second kappa shape index (κ2) is 10.2. The van der Waals surface area contributed by atoms with E-state index in [1.165, 1.54) is 11.1 Å². The van der Waals surface area contributed by atoms with Crippen LogP contribution in [0, 0.1) is 13.8 Å². The number of hydrogen-bond acceptors (Lipinski definition) is 2. The Kier molecular flexibility index (Phi) is 6.93. The summed E-state index contributed by atoms with van der Waals surface area (Å²) in [5, 5.41) is 5.73. The van der Waals surface area contributed by atoms with Gasteiger partial charge in [0.1, 0.15) is 0 Å². The molecule has 0 unspecified atom stereocenters. The third-order valence-electron chi connectivity index (χ3n) is 5.68. The monoisotopic (exact) mass is 442 g/mol. The van der Waals surface area contributed by atoms with E-state index in [2.05, 4.69) is 42.7 Å². The van der Waals surface area contributed by atoms with Crippen LogP contribution in [0.4, 0.5) is 21.0 Å². The van der Waals surface area contributed by atoms with Crippen molar-refractivity contribution in [1.82, 2.24) is 10.2 Å². The number of carbonyl (C=O) groups is 2. The number of nitrogens with one attached hydrogen (secondary N) is 2. The van der Waals surface area contributed by atoms with Crippen LogP contribution in [0.15, 0.2) is 72.8 Å². The maximum Gasteiger partial charge on any atom is 0.324 e. The molecule has 0 aliphatic carbocycles. The zero-order valence-corrected chi connectivity index (χ0v) is 19.2. The fourth-order valence-electron chi connectivity index (χ4n) is 4.25. The third kappa shape index (κ3) is 5.92. The SMILES string of the molecule is Cc1cc(C)cc(CN2CCCN(c3cccc(NC(=O)NCc4ccccc4)c3)C2=O)c1. The Labute approximate surface area is 195 Å². The smallest absolute Gasteiger partial charge is 0.324 e. The molecule has 6 nitrogen and oxygen atoms in total. The molecule has 0 saturated carbocycles. The number of amides is 4. The molecule has 0 bridgehead atoms. The summed E-state index contributed by atoms with van der Waals surface area (Å²) < 4.78 is 0. The number of anilines is 2. The molecule has 170 valence electrons. The van der Waals surface area contributed by atoms with Crippen molar-refractivity contribution in [2.75, 3.05) is 23.3 Å². The normalized spacial score (nSPS) is 13.7. The predicted molar refractivity (Wildman–Crippen MR) is 132 cm³/mol. The minimum atomic E-state index is -0.280. The number of aryl methyl sites for hydroxylation is 2. The van der Waals surface area contributed by atoms with E-state index < -0.39 is 0 Å². The molecule has 3 aromatic carbocycles. The molecule has 33 heavy (non-hydrogen) atoms. The van der Waals surface area contributed by atoms with E-state index in [0.29, 0.717) is 25.3 Å². The Hall–Kier alpha value is -3.80. The first-order valence-corrected chi connectivity index (χ1v) is 11.3. The Balaban J connectivity index is 1.40. The van der Waals surface area contributed by atoms with Gasteiger partial charge in [0, 0.05) is 37.6 Å². The van der Waals surface area contributed by atoms with Gasteiger partial charge in [0.05, 0.1) is 0 Å². The summed E-state index contributed by atoms with van der Waals surface area (Å²) in [5.74, 6) is 0. The molecule has 4 rings (SSSR count). The van der Waals surface area contributed by atoms with Crippen molar-refractivity contribution in [3.8, 4) is 0 Å². The lowest BCUT2D eigenvalue weighted by atomic mass is 10.1. The molecule has 4 amide bonds. The maximum atomic E-state index is 13.2. The van der Waals surface area contributed by atoms with Crippen LogP contribution < -0.4 is 15.5 Å². The summed E-state index contributed by atoms with van der Waals surface area (Å²) in [6, 6.07) is 23.3. The molecule has 1 fully saturated rings. The average Bonchev–Trinajstić information content (AvgIpc) is 2.79. The highest BCUT2D eigenvalue weighted by molar-refractivity contribution is 5.95. The van der Waals surface area contributed by atoms with E-state index in [1.54, 1.807) is 4.90 Å². The van der Waals surface area contributed by atoms with Crippen molar-refractivity contribution in [1.29, 1.82) is 0 Å². The Morgan fingerprint density at radius 2 is 1.64 bits per heavy atom.